The number of amides is 1. The minimum atomic E-state index is -2.27. The maximum atomic E-state index is 11.6. The molecule has 3 atom stereocenters. The molecule has 1 aliphatic heterocycles. The number of aliphatic carboxylic acids is 2. The topological polar surface area (TPSA) is 179 Å². The lowest BCUT2D eigenvalue weighted by Gasteiger charge is -2.16. The Morgan fingerprint density at radius 2 is 1.83 bits per heavy atom. The van der Waals surface area contributed by atoms with Crippen molar-refractivity contribution in [1.29, 1.82) is 0 Å². The van der Waals surface area contributed by atoms with Gasteiger partial charge in [0.15, 0.2) is 12.2 Å². The molecule has 0 bridgehead atoms. The third kappa shape index (κ3) is 4.48. The molecule has 23 heavy (non-hydrogen) atoms. The summed E-state index contributed by atoms with van der Waals surface area (Å²) in [4.78, 5) is 32.7. The Morgan fingerprint density at radius 3 is 2.30 bits per heavy atom. The second-order valence-electron chi connectivity index (χ2n) is 4.77. The molecule has 0 saturated heterocycles. The first-order valence-corrected chi connectivity index (χ1v) is 6.53. The van der Waals surface area contributed by atoms with Gasteiger partial charge in [0, 0.05) is 19.7 Å². The zero-order valence-electron chi connectivity index (χ0n) is 12.2. The van der Waals surface area contributed by atoms with Gasteiger partial charge in [-0.05, 0) is 6.42 Å². The fourth-order valence-corrected chi connectivity index (χ4v) is 1.80. The number of carboxylic acid groups (broad SMARTS) is 2. The number of aromatic nitrogens is 2. The predicted molar refractivity (Wildman–Crippen MR) is 75.5 cm³/mol. The minimum Gasteiger partial charge on any atom is -0.479 e. The largest absolute Gasteiger partial charge is 0.479 e. The quantitative estimate of drug-likeness (QED) is 0.399. The smallest absolute Gasteiger partial charge is 0.335 e. The highest BCUT2D eigenvalue weighted by molar-refractivity contribution is 5.96. The van der Waals surface area contributed by atoms with E-state index in [2.05, 4.69) is 5.10 Å². The molecule has 2 heterocycles. The maximum absolute atomic E-state index is 11.6. The van der Waals surface area contributed by atoms with Gasteiger partial charge in [0.2, 0.25) is 5.91 Å². The highest BCUT2D eigenvalue weighted by Gasteiger charge is 2.29. The number of carboxylic acids is 2. The average molecular weight is 330 g/mol. The number of rotatable bonds is 3. The average Bonchev–Trinajstić information content (AvgIpc) is 2.94. The van der Waals surface area contributed by atoms with Crippen molar-refractivity contribution in [3.63, 3.8) is 0 Å². The van der Waals surface area contributed by atoms with Gasteiger partial charge in [-0.1, -0.05) is 0 Å². The first-order chi connectivity index (χ1) is 10.7. The van der Waals surface area contributed by atoms with Crippen molar-refractivity contribution in [2.45, 2.75) is 31.2 Å². The van der Waals surface area contributed by atoms with E-state index in [1.807, 2.05) is 6.07 Å². The fraction of sp³-hybridized carbons (Fsp3) is 0.500. The van der Waals surface area contributed by atoms with E-state index in [-0.39, 0.29) is 5.91 Å². The Bertz CT molecular complexity index is 570. The molecule has 0 spiro atoms. The SMILES string of the molecule is CN1C(=O)[C@@H](N)CCn2nccc21.O=C(O)[C@H](O)[C@@H](O)C(=O)O. The molecule has 11 heteroatoms. The van der Waals surface area contributed by atoms with Crippen molar-refractivity contribution in [3.05, 3.63) is 12.3 Å². The van der Waals surface area contributed by atoms with Gasteiger partial charge in [0.25, 0.3) is 0 Å². The van der Waals surface area contributed by atoms with Crippen LogP contribution in [-0.4, -0.2) is 73.3 Å². The molecule has 2 rings (SSSR count). The molecule has 1 aliphatic rings. The van der Waals surface area contributed by atoms with Crippen molar-refractivity contribution in [1.82, 2.24) is 9.78 Å². The first-order valence-electron chi connectivity index (χ1n) is 6.53. The van der Waals surface area contributed by atoms with Crippen molar-refractivity contribution < 1.29 is 34.8 Å². The van der Waals surface area contributed by atoms with Gasteiger partial charge in [0.1, 0.15) is 5.82 Å². The van der Waals surface area contributed by atoms with E-state index in [1.54, 1.807) is 22.8 Å². The van der Waals surface area contributed by atoms with Crippen molar-refractivity contribution in [2.24, 2.45) is 5.73 Å². The van der Waals surface area contributed by atoms with Gasteiger partial charge >= 0.3 is 11.9 Å². The normalized spacial score (nSPS) is 19.7. The molecular weight excluding hydrogens is 312 g/mol. The lowest BCUT2D eigenvalue weighted by Crippen LogP contribution is -2.40. The Kier molecular flexibility index (Phi) is 6.18. The third-order valence-electron chi connectivity index (χ3n) is 3.14. The van der Waals surface area contributed by atoms with E-state index >= 15 is 0 Å². The van der Waals surface area contributed by atoms with E-state index in [4.69, 9.17) is 26.2 Å². The number of carbonyl (C=O) groups is 3. The molecule has 1 aromatic heterocycles. The first kappa shape index (κ1) is 18.5. The number of nitrogens with zero attached hydrogens (tertiary/aromatic N) is 3. The van der Waals surface area contributed by atoms with Crippen LogP contribution in [0.25, 0.3) is 0 Å². The summed E-state index contributed by atoms with van der Waals surface area (Å²) in [6.07, 6.45) is -2.19. The van der Waals surface area contributed by atoms with Crippen molar-refractivity contribution in [2.75, 3.05) is 11.9 Å². The minimum absolute atomic E-state index is 0.0424. The number of aliphatic hydroxyl groups is 2. The van der Waals surface area contributed by atoms with Crippen LogP contribution < -0.4 is 10.6 Å². The molecule has 0 aromatic carbocycles. The van der Waals surface area contributed by atoms with E-state index in [9.17, 15) is 14.4 Å². The number of aliphatic hydroxyl groups excluding tert-OH is 2. The number of hydrogen-bond donors (Lipinski definition) is 5. The Labute approximate surface area is 130 Å². The molecule has 0 aliphatic carbocycles. The number of anilines is 1. The van der Waals surface area contributed by atoms with E-state index in [1.165, 1.54) is 0 Å². The number of nitrogens with two attached hydrogens (primary N) is 1. The molecule has 0 radical (unpaired) electrons. The number of carbonyl (C=O) groups excluding carboxylic acids is 1. The Morgan fingerprint density at radius 1 is 1.30 bits per heavy atom. The van der Waals surface area contributed by atoms with Crippen LogP contribution in [0, 0.1) is 0 Å². The van der Waals surface area contributed by atoms with Crippen LogP contribution in [0.15, 0.2) is 12.3 Å². The Balaban J connectivity index is 0.000000241. The van der Waals surface area contributed by atoms with Gasteiger partial charge in [-0.3, -0.25) is 9.69 Å². The summed E-state index contributed by atoms with van der Waals surface area (Å²) < 4.78 is 1.80. The summed E-state index contributed by atoms with van der Waals surface area (Å²) in [5.41, 5.74) is 5.67. The second kappa shape index (κ2) is 7.67. The number of aryl methyl sites for hydroxylation is 1. The predicted octanol–water partition coefficient (Wildman–Crippen LogP) is -2.55. The van der Waals surface area contributed by atoms with Gasteiger partial charge < -0.3 is 26.2 Å². The summed E-state index contributed by atoms with van der Waals surface area (Å²) >= 11 is 0. The molecule has 0 fully saturated rings. The van der Waals surface area contributed by atoms with E-state index in [0.29, 0.717) is 13.0 Å². The van der Waals surface area contributed by atoms with Crippen LogP contribution in [0.2, 0.25) is 0 Å². The van der Waals surface area contributed by atoms with Crippen molar-refractivity contribution in [3.8, 4) is 0 Å². The zero-order valence-corrected chi connectivity index (χ0v) is 12.2. The molecule has 0 saturated carbocycles. The fourth-order valence-electron chi connectivity index (χ4n) is 1.80. The van der Waals surface area contributed by atoms with Gasteiger partial charge in [-0.15, -0.1) is 0 Å². The highest BCUT2D eigenvalue weighted by atomic mass is 16.4. The summed E-state index contributed by atoms with van der Waals surface area (Å²) in [6.45, 7) is 0.708. The lowest BCUT2D eigenvalue weighted by molar-refractivity contribution is -0.165. The Hall–Kier alpha value is -2.50. The summed E-state index contributed by atoms with van der Waals surface area (Å²) in [6, 6.07) is 1.42. The van der Waals surface area contributed by atoms with Crippen LogP contribution in [0.5, 0.6) is 0 Å². The monoisotopic (exact) mass is 330 g/mol. The molecule has 1 aromatic rings. The summed E-state index contributed by atoms with van der Waals surface area (Å²) in [5, 5.41) is 36.6. The van der Waals surface area contributed by atoms with Gasteiger partial charge in [-0.2, -0.15) is 5.10 Å². The molecule has 128 valence electrons. The molecule has 11 nitrogen and oxygen atoms in total. The van der Waals surface area contributed by atoms with Crippen molar-refractivity contribution >= 4 is 23.7 Å². The van der Waals surface area contributed by atoms with Crippen LogP contribution in [-0.2, 0) is 20.9 Å². The zero-order chi connectivity index (χ0) is 17.7. The standard InChI is InChI=1S/C8H12N4O.C4H6O6/c1-11-7-2-4-10-12(7)5-3-6(9)8(11)13;5-1(3(7)8)2(6)4(9)10/h2,4,6H,3,5,9H2,1H3;1-2,5-6H,(H,7,8)(H,9,10)/t6-;1-,2-/m01/s1. The third-order valence-corrected chi connectivity index (χ3v) is 3.14. The van der Waals surface area contributed by atoms with Crippen LogP contribution in [0.3, 0.4) is 0 Å². The van der Waals surface area contributed by atoms with Crippen LogP contribution in [0.4, 0.5) is 5.82 Å². The molecule has 0 unspecified atom stereocenters. The van der Waals surface area contributed by atoms with Crippen LogP contribution >= 0.6 is 0 Å². The number of fused-ring (bicyclic) bond motifs is 1. The van der Waals surface area contributed by atoms with E-state index in [0.717, 1.165) is 5.82 Å². The molecule has 1 amide bonds. The molecular formula is C12H18N4O7. The molecule has 6 N–H and O–H groups in total. The van der Waals surface area contributed by atoms with Gasteiger partial charge in [0.05, 0.1) is 12.2 Å². The summed E-state index contributed by atoms with van der Waals surface area (Å²) in [5.74, 6) is -2.76. The highest BCUT2D eigenvalue weighted by Crippen LogP contribution is 2.17. The maximum Gasteiger partial charge on any atom is 0.335 e. The second-order valence-corrected chi connectivity index (χ2v) is 4.77. The number of likely N-dealkylation sites (N-methyl/N-ethyl adjacent to an activating group) is 1. The lowest BCUT2D eigenvalue weighted by atomic mass is 10.2. The van der Waals surface area contributed by atoms with Gasteiger partial charge in [-0.25, -0.2) is 14.3 Å². The summed E-state index contributed by atoms with van der Waals surface area (Å²) in [7, 11) is 1.72. The van der Waals surface area contributed by atoms with E-state index < -0.39 is 30.2 Å². The number of hydrogen-bond acceptors (Lipinski definition) is 7. The van der Waals surface area contributed by atoms with Crippen LogP contribution in [0.1, 0.15) is 6.42 Å².